The van der Waals surface area contributed by atoms with Crippen molar-refractivity contribution in [2.75, 3.05) is 19.6 Å². The lowest BCUT2D eigenvalue weighted by Gasteiger charge is -2.25. The highest BCUT2D eigenvalue weighted by molar-refractivity contribution is 5.95. The van der Waals surface area contributed by atoms with Crippen molar-refractivity contribution in [3.63, 3.8) is 0 Å². The summed E-state index contributed by atoms with van der Waals surface area (Å²) in [5.41, 5.74) is 5.27. The van der Waals surface area contributed by atoms with Gasteiger partial charge in [-0.25, -0.2) is 4.68 Å². The molecule has 5 heteroatoms. The van der Waals surface area contributed by atoms with E-state index in [0.717, 1.165) is 49.3 Å². The summed E-state index contributed by atoms with van der Waals surface area (Å²) in [7, 11) is 0. The average molecular weight is 369 g/mol. The topological polar surface area (TPSA) is 59.0 Å². The molecule has 3 rings (SSSR count). The lowest BCUT2D eigenvalue weighted by atomic mass is 9.91. The van der Waals surface area contributed by atoms with E-state index in [9.17, 15) is 4.79 Å². The second-order valence-electron chi connectivity index (χ2n) is 8.11. The van der Waals surface area contributed by atoms with Crippen LogP contribution in [0.2, 0.25) is 0 Å². The number of aryl methyl sites for hydroxylation is 2. The van der Waals surface area contributed by atoms with Crippen LogP contribution < -0.4 is 10.6 Å². The Morgan fingerprint density at radius 2 is 2.04 bits per heavy atom. The molecule has 1 aliphatic heterocycles. The van der Waals surface area contributed by atoms with Crippen molar-refractivity contribution in [3.05, 3.63) is 46.8 Å². The fourth-order valence-electron chi connectivity index (χ4n) is 3.83. The zero-order chi connectivity index (χ0) is 19.4. The van der Waals surface area contributed by atoms with Gasteiger partial charge in [0.1, 0.15) is 0 Å². The number of carbonyl (C=O) groups excluding carboxylic acids is 1. The predicted molar refractivity (Wildman–Crippen MR) is 110 cm³/mol. The standard InChI is InChI=1S/C22H32N4O/c1-15(2)7-12-24-22(27)19-14-25-26(20-6-5-16(3)13-17(20)4)21(19)18-8-10-23-11-9-18/h5-6,13-15,18,23H,7-12H2,1-4H3,(H,24,27). The van der Waals surface area contributed by atoms with Crippen molar-refractivity contribution in [2.45, 2.75) is 52.9 Å². The van der Waals surface area contributed by atoms with Crippen LogP contribution in [0.5, 0.6) is 0 Å². The van der Waals surface area contributed by atoms with Crippen LogP contribution in [0.4, 0.5) is 0 Å². The lowest BCUT2D eigenvalue weighted by molar-refractivity contribution is 0.0950. The van der Waals surface area contributed by atoms with Gasteiger partial charge in [-0.3, -0.25) is 4.79 Å². The molecule has 0 radical (unpaired) electrons. The Bertz CT molecular complexity index is 788. The molecule has 0 spiro atoms. The number of hydrogen-bond donors (Lipinski definition) is 2. The normalized spacial score (nSPS) is 15.3. The monoisotopic (exact) mass is 368 g/mol. The molecular weight excluding hydrogens is 336 g/mol. The van der Waals surface area contributed by atoms with Crippen LogP contribution in [0, 0.1) is 19.8 Å². The maximum absolute atomic E-state index is 12.9. The first-order chi connectivity index (χ1) is 13.0. The van der Waals surface area contributed by atoms with Crippen molar-refractivity contribution in [1.82, 2.24) is 20.4 Å². The Hall–Kier alpha value is -2.14. The van der Waals surface area contributed by atoms with Crippen molar-refractivity contribution >= 4 is 5.91 Å². The first kappa shape index (κ1) is 19.6. The molecule has 27 heavy (non-hydrogen) atoms. The SMILES string of the molecule is Cc1ccc(-n2ncc(C(=O)NCCC(C)C)c2C2CCNCC2)c(C)c1. The van der Waals surface area contributed by atoms with Crippen molar-refractivity contribution in [3.8, 4) is 5.69 Å². The molecule has 2 aromatic rings. The minimum atomic E-state index is 0.000183. The van der Waals surface area contributed by atoms with E-state index in [1.807, 2.05) is 4.68 Å². The molecule has 5 nitrogen and oxygen atoms in total. The van der Waals surface area contributed by atoms with Crippen LogP contribution in [0.3, 0.4) is 0 Å². The van der Waals surface area contributed by atoms with E-state index < -0.39 is 0 Å². The van der Waals surface area contributed by atoms with Crippen LogP contribution in [0.15, 0.2) is 24.4 Å². The quantitative estimate of drug-likeness (QED) is 0.817. The Morgan fingerprint density at radius 3 is 2.70 bits per heavy atom. The largest absolute Gasteiger partial charge is 0.352 e. The number of benzene rings is 1. The number of rotatable bonds is 6. The zero-order valence-corrected chi connectivity index (χ0v) is 17.0. The van der Waals surface area contributed by atoms with Crippen LogP contribution >= 0.6 is 0 Å². The van der Waals surface area contributed by atoms with Gasteiger partial charge in [0.25, 0.3) is 5.91 Å². The van der Waals surface area contributed by atoms with Crippen LogP contribution in [-0.4, -0.2) is 35.3 Å². The average Bonchev–Trinajstić information content (AvgIpc) is 3.07. The van der Waals surface area contributed by atoms with E-state index in [0.29, 0.717) is 18.4 Å². The molecule has 1 amide bonds. The first-order valence-corrected chi connectivity index (χ1v) is 10.1. The molecule has 146 valence electrons. The molecule has 1 aromatic heterocycles. The predicted octanol–water partition coefficient (Wildman–Crippen LogP) is 3.73. The van der Waals surface area contributed by atoms with Gasteiger partial charge >= 0.3 is 0 Å². The number of carbonyl (C=O) groups is 1. The van der Waals surface area contributed by atoms with Crippen LogP contribution in [0.25, 0.3) is 5.69 Å². The van der Waals surface area contributed by atoms with E-state index in [2.05, 4.69) is 61.6 Å². The van der Waals surface area contributed by atoms with Gasteiger partial charge in [0.05, 0.1) is 23.1 Å². The molecule has 2 N–H and O–H groups in total. The molecule has 2 heterocycles. The summed E-state index contributed by atoms with van der Waals surface area (Å²) in [5.74, 6) is 0.924. The van der Waals surface area contributed by atoms with Gasteiger partial charge in [0, 0.05) is 12.5 Å². The summed E-state index contributed by atoms with van der Waals surface area (Å²) < 4.78 is 2.00. The van der Waals surface area contributed by atoms with Gasteiger partial charge in [-0.2, -0.15) is 5.10 Å². The smallest absolute Gasteiger partial charge is 0.254 e. The molecule has 0 aliphatic carbocycles. The molecule has 1 saturated heterocycles. The number of nitrogens with one attached hydrogen (secondary N) is 2. The van der Waals surface area contributed by atoms with Crippen LogP contribution in [-0.2, 0) is 0 Å². The Morgan fingerprint density at radius 1 is 1.30 bits per heavy atom. The number of hydrogen-bond acceptors (Lipinski definition) is 3. The maximum atomic E-state index is 12.9. The zero-order valence-electron chi connectivity index (χ0n) is 17.0. The van der Waals surface area contributed by atoms with Crippen LogP contribution in [0.1, 0.15) is 66.2 Å². The molecular formula is C22H32N4O. The summed E-state index contributed by atoms with van der Waals surface area (Å²) in [4.78, 5) is 12.9. The molecule has 0 bridgehead atoms. The summed E-state index contributed by atoms with van der Waals surface area (Å²) in [6, 6.07) is 6.40. The Kier molecular flexibility index (Phi) is 6.32. The van der Waals surface area contributed by atoms with E-state index in [4.69, 9.17) is 0 Å². The van der Waals surface area contributed by atoms with Gasteiger partial charge in [-0.05, 0) is 63.7 Å². The fourth-order valence-corrected chi connectivity index (χ4v) is 3.83. The minimum absolute atomic E-state index is 0.000183. The Labute approximate surface area is 162 Å². The third kappa shape index (κ3) is 4.59. The second-order valence-corrected chi connectivity index (χ2v) is 8.11. The third-order valence-corrected chi connectivity index (χ3v) is 5.36. The highest BCUT2D eigenvalue weighted by Gasteiger charge is 2.27. The van der Waals surface area contributed by atoms with E-state index >= 15 is 0 Å². The van der Waals surface area contributed by atoms with Gasteiger partial charge in [0.15, 0.2) is 0 Å². The van der Waals surface area contributed by atoms with Gasteiger partial charge in [-0.15, -0.1) is 0 Å². The number of aromatic nitrogens is 2. The molecule has 1 aliphatic rings. The van der Waals surface area contributed by atoms with Gasteiger partial charge < -0.3 is 10.6 Å². The highest BCUT2D eigenvalue weighted by Crippen LogP contribution is 2.31. The van der Waals surface area contributed by atoms with Gasteiger partial charge in [-0.1, -0.05) is 31.5 Å². The first-order valence-electron chi connectivity index (χ1n) is 10.1. The summed E-state index contributed by atoms with van der Waals surface area (Å²) in [6.07, 6.45) is 4.80. The number of piperidine rings is 1. The highest BCUT2D eigenvalue weighted by atomic mass is 16.1. The lowest BCUT2D eigenvalue weighted by Crippen LogP contribution is -2.30. The van der Waals surface area contributed by atoms with Crippen molar-refractivity contribution in [1.29, 1.82) is 0 Å². The second kappa shape index (κ2) is 8.70. The minimum Gasteiger partial charge on any atom is -0.352 e. The third-order valence-electron chi connectivity index (χ3n) is 5.36. The molecule has 0 saturated carbocycles. The number of nitrogens with zero attached hydrogens (tertiary/aromatic N) is 2. The molecule has 1 aromatic carbocycles. The summed E-state index contributed by atoms with van der Waals surface area (Å²) in [6.45, 7) is 11.2. The molecule has 0 unspecified atom stereocenters. The van der Waals surface area contributed by atoms with Crippen molar-refractivity contribution in [2.24, 2.45) is 5.92 Å². The van der Waals surface area contributed by atoms with E-state index in [1.165, 1.54) is 11.1 Å². The molecule has 0 atom stereocenters. The molecule has 1 fully saturated rings. The Balaban J connectivity index is 1.96. The van der Waals surface area contributed by atoms with E-state index in [-0.39, 0.29) is 5.91 Å². The van der Waals surface area contributed by atoms with Crippen molar-refractivity contribution < 1.29 is 4.79 Å². The van der Waals surface area contributed by atoms with Gasteiger partial charge in [0.2, 0.25) is 0 Å². The summed E-state index contributed by atoms with van der Waals surface area (Å²) in [5, 5.41) is 11.2. The summed E-state index contributed by atoms with van der Waals surface area (Å²) >= 11 is 0. The fraction of sp³-hybridized carbons (Fsp3) is 0.545. The maximum Gasteiger partial charge on any atom is 0.254 e. The number of amides is 1. The van der Waals surface area contributed by atoms with E-state index in [1.54, 1.807) is 6.20 Å².